The van der Waals surface area contributed by atoms with E-state index in [9.17, 15) is 13.6 Å². The average Bonchev–Trinajstić information content (AvgIpc) is 3.29. The number of nitrogens with one attached hydrogen (secondary N) is 2. The lowest BCUT2D eigenvalue weighted by atomic mass is 9.92. The maximum Gasteiger partial charge on any atom is 0.255 e. The Bertz CT molecular complexity index is 835. The van der Waals surface area contributed by atoms with Crippen molar-refractivity contribution in [2.75, 3.05) is 5.32 Å². The summed E-state index contributed by atoms with van der Waals surface area (Å²) < 4.78 is 28.2. The SMILES string of the molecule is Cl.Cl.Cn1cc(NC(=O)c2cccc([C@@H]3C[C@H]3NC3CCC(F)(F)CC3)c2)cn1. The van der Waals surface area contributed by atoms with Gasteiger partial charge in [-0.2, -0.15) is 5.10 Å². The van der Waals surface area contributed by atoms with Crippen molar-refractivity contribution in [1.29, 1.82) is 0 Å². The lowest BCUT2D eigenvalue weighted by molar-refractivity contribution is -0.0405. The van der Waals surface area contributed by atoms with Crippen LogP contribution in [0.25, 0.3) is 0 Å². The fourth-order valence-corrected chi connectivity index (χ4v) is 3.86. The van der Waals surface area contributed by atoms with E-state index < -0.39 is 5.92 Å². The predicted octanol–water partition coefficient (Wildman–Crippen LogP) is 4.54. The number of amides is 1. The van der Waals surface area contributed by atoms with Crippen LogP contribution in [-0.2, 0) is 7.05 Å². The quantitative estimate of drug-likeness (QED) is 0.708. The first kappa shape index (κ1) is 23.6. The van der Waals surface area contributed by atoms with Crippen LogP contribution in [0.5, 0.6) is 0 Å². The molecule has 2 saturated carbocycles. The van der Waals surface area contributed by atoms with E-state index in [1.54, 1.807) is 30.2 Å². The minimum Gasteiger partial charge on any atom is -0.319 e. The number of hydrogen-bond donors (Lipinski definition) is 2. The van der Waals surface area contributed by atoms with Crippen LogP contribution in [0.3, 0.4) is 0 Å². The number of anilines is 1. The summed E-state index contributed by atoms with van der Waals surface area (Å²) in [5, 5.41) is 10.4. The number of rotatable bonds is 5. The topological polar surface area (TPSA) is 59.0 Å². The third-order valence-electron chi connectivity index (χ3n) is 5.50. The Kier molecular flexibility index (Phi) is 7.65. The van der Waals surface area contributed by atoms with E-state index in [0.29, 0.717) is 36.1 Å². The summed E-state index contributed by atoms with van der Waals surface area (Å²) in [7, 11) is 1.80. The molecule has 29 heavy (non-hydrogen) atoms. The summed E-state index contributed by atoms with van der Waals surface area (Å²) in [4.78, 5) is 12.4. The van der Waals surface area contributed by atoms with Gasteiger partial charge >= 0.3 is 0 Å². The maximum absolute atomic E-state index is 13.3. The molecule has 2 aliphatic rings. The standard InChI is InChI=1S/C20H24F2N4O.2ClH/c1-26-12-16(11-23-26)25-19(27)14-4-2-3-13(9-14)17-10-18(17)24-15-5-7-20(21,22)8-6-15;;/h2-4,9,11-12,15,17-18,24H,5-8,10H2,1H3,(H,25,27);2*1H/t17-,18+;;/m0../s1. The van der Waals surface area contributed by atoms with Crippen molar-refractivity contribution in [3.8, 4) is 0 Å². The first-order valence-electron chi connectivity index (χ1n) is 9.43. The molecule has 2 fully saturated rings. The van der Waals surface area contributed by atoms with Crippen LogP contribution in [0.4, 0.5) is 14.5 Å². The zero-order valence-corrected chi connectivity index (χ0v) is 17.7. The van der Waals surface area contributed by atoms with Crippen LogP contribution in [0.15, 0.2) is 36.7 Å². The van der Waals surface area contributed by atoms with Gasteiger partial charge < -0.3 is 10.6 Å². The van der Waals surface area contributed by atoms with Gasteiger partial charge in [-0.3, -0.25) is 9.48 Å². The van der Waals surface area contributed by atoms with Crippen LogP contribution in [0.2, 0.25) is 0 Å². The van der Waals surface area contributed by atoms with Gasteiger partial charge in [0.2, 0.25) is 5.92 Å². The van der Waals surface area contributed by atoms with Gasteiger partial charge in [0.1, 0.15) is 0 Å². The van der Waals surface area contributed by atoms with E-state index >= 15 is 0 Å². The second kappa shape index (κ2) is 9.41. The molecule has 1 amide bonds. The highest BCUT2D eigenvalue weighted by Gasteiger charge is 2.42. The fraction of sp³-hybridized carbons (Fsp3) is 0.500. The van der Waals surface area contributed by atoms with Gasteiger partial charge in [-0.25, -0.2) is 8.78 Å². The number of aryl methyl sites for hydroxylation is 1. The molecular formula is C20H26Cl2F2N4O. The second-order valence-corrected chi connectivity index (χ2v) is 7.73. The summed E-state index contributed by atoms with van der Waals surface area (Å²) in [5.41, 5.74) is 2.39. The van der Waals surface area contributed by atoms with Crippen molar-refractivity contribution in [1.82, 2.24) is 15.1 Å². The Labute approximate surface area is 181 Å². The van der Waals surface area contributed by atoms with Crippen LogP contribution < -0.4 is 10.6 Å². The van der Waals surface area contributed by atoms with E-state index in [1.807, 2.05) is 18.2 Å². The van der Waals surface area contributed by atoms with Crippen LogP contribution in [0, 0.1) is 0 Å². The highest BCUT2D eigenvalue weighted by Crippen LogP contribution is 2.43. The number of halogens is 4. The Morgan fingerprint density at radius 3 is 2.62 bits per heavy atom. The van der Waals surface area contributed by atoms with Crippen molar-refractivity contribution >= 4 is 36.4 Å². The van der Waals surface area contributed by atoms with Crippen LogP contribution >= 0.6 is 24.8 Å². The molecule has 0 spiro atoms. The van der Waals surface area contributed by atoms with Crippen LogP contribution in [0.1, 0.15) is 53.9 Å². The van der Waals surface area contributed by atoms with Crippen molar-refractivity contribution in [3.05, 3.63) is 47.8 Å². The normalized spacial score (nSPS) is 22.9. The number of carbonyl (C=O) groups is 1. The number of aromatic nitrogens is 2. The lowest BCUT2D eigenvalue weighted by Gasteiger charge is -2.29. The number of nitrogens with zero attached hydrogens (tertiary/aromatic N) is 2. The molecule has 0 unspecified atom stereocenters. The molecule has 2 N–H and O–H groups in total. The third-order valence-corrected chi connectivity index (χ3v) is 5.50. The molecule has 9 heteroatoms. The van der Waals surface area contributed by atoms with Gasteiger partial charge in [-0.1, -0.05) is 12.1 Å². The van der Waals surface area contributed by atoms with Gasteiger partial charge in [0.05, 0.1) is 11.9 Å². The first-order chi connectivity index (χ1) is 12.9. The van der Waals surface area contributed by atoms with E-state index in [0.717, 1.165) is 12.0 Å². The molecule has 1 aromatic heterocycles. The molecule has 0 radical (unpaired) electrons. The van der Waals surface area contributed by atoms with Crippen molar-refractivity contribution in [2.24, 2.45) is 7.05 Å². The molecule has 0 aliphatic heterocycles. The zero-order valence-electron chi connectivity index (χ0n) is 16.1. The van der Waals surface area contributed by atoms with E-state index in [2.05, 4.69) is 15.7 Å². The summed E-state index contributed by atoms with van der Waals surface area (Å²) in [6.45, 7) is 0. The predicted molar refractivity (Wildman–Crippen MR) is 114 cm³/mol. The first-order valence-corrected chi connectivity index (χ1v) is 9.43. The Hall–Kier alpha value is -1.70. The van der Waals surface area contributed by atoms with Crippen molar-refractivity contribution in [3.63, 3.8) is 0 Å². The summed E-state index contributed by atoms with van der Waals surface area (Å²) in [6.07, 6.45) is 5.36. The minimum atomic E-state index is -2.49. The average molecular weight is 447 g/mol. The third kappa shape index (κ3) is 5.90. The van der Waals surface area contributed by atoms with E-state index in [1.165, 1.54) is 0 Å². The zero-order chi connectivity index (χ0) is 19.0. The lowest BCUT2D eigenvalue weighted by Crippen LogP contribution is -2.38. The van der Waals surface area contributed by atoms with Gasteiger partial charge in [0.25, 0.3) is 5.91 Å². The summed E-state index contributed by atoms with van der Waals surface area (Å²) in [6, 6.07) is 8.14. The molecule has 1 aromatic carbocycles. The van der Waals surface area contributed by atoms with E-state index in [4.69, 9.17) is 0 Å². The molecule has 0 bridgehead atoms. The molecule has 1 heterocycles. The molecule has 2 atom stereocenters. The highest BCUT2D eigenvalue weighted by molar-refractivity contribution is 6.04. The van der Waals surface area contributed by atoms with Crippen molar-refractivity contribution < 1.29 is 13.6 Å². The second-order valence-electron chi connectivity index (χ2n) is 7.73. The highest BCUT2D eigenvalue weighted by atomic mass is 35.5. The molecule has 4 rings (SSSR count). The van der Waals surface area contributed by atoms with Gasteiger partial charge in [0.15, 0.2) is 0 Å². The fourth-order valence-electron chi connectivity index (χ4n) is 3.86. The number of alkyl halides is 2. The Morgan fingerprint density at radius 1 is 1.24 bits per heavy atom. The number of carbonyl (C=O) groups excluding carboxylic acids is 1. The minimum absolute atomic E-state index is 0. The molecule has 160 valence electrons. The van der Waals surface area contributed by atoms with Gasteiger partial charge in [0, 0.05) is 49.7 Å². The van der Waals surface area contributed by atoms with Crippen LogP contribution in [-0.4, -0.2) is 33.7 Å². The monoisotopic (exact) mass is 446 g/mol. The van der Waals surface area contributed by atoms with Gasteiger partial charge in [-0.15, -0.1) is 24.8 Å². The Morgan fingerprint density at radius 2 is 1.97 bits per heavy atom. The number of benzene rings is 1. The maximum atomic E-state index is 13.3. The Balaban J connectivity index is 0.00000150. The summed E-state index contributed by atoms with van der Waals surface area (Å²) in [5.74, 6) is -2.31. The van der Waals surface area contributed by atoms with E-state index in [-0.39, 0.29) is 49.6 Å². The largest absolute Gasteiger partial charge is 0.319 e. The van der Waals surface area contributed by atoms with Crippen molar-refractivity contribution in [2.45, 2.75) is 56.0 Å². The molecule has 5 nitrogen and oxygen atoms in total. The van der Waals surface area contributed by atoms with Gasteiger partial charge in [-0.05, 0) is 37.0 Å². The summed E-state index contributed by atoms with van der Waals surface area (Å²) >= 11 is 0. The molecule has 2 aliphatic carbocycles. The molecular weight excluding hydrogens is 421 g/mol. The molecule has 2 aromatic rings. The number of hydrogen-bond acceptors (Lipinski definition) is 3. The smallest absolute Gasteiger partial charge is 0.255 e. The molecule has 0 saturated heterocycles.